The van der Waals surface area contributed by atoms with E-state index in [9.17, 15) is 13.2 Å². The topological polar surface area (TPSA) is 38.9 Å². The minimum absolute atomic E-state index is 0.0820. The van der Waals surface area contributed by atoms with Crippen molar-refractivity contribution in [3.05, 3.63) is 46.7 Å². The summed E-state index contributed by atoms with van der Waals surface area (Å²) in [6.45, 7) is 1.38. The van der Waals surface area contributed by atoms with Crippen LogP contribution in [-0.2, 0) is 6.18 Å². The Balaban J connectivity index is 2.20. The SMILES string of the molecule is Cc1cc2oc(-c3ccncc3Cl)nc2cc1C(F)(F)F. The molecule has 0 radical (unpaired) electrons. The van der Waals surface area contributed by atoms with Crippen molar-refractivity contribution in [3.8, 4) is 11.5 Å². The van der Waals surface area contributed by atoms with E-state index >= 15 is 0 Å². The molecule has 0 atom stereocenters. The molecule has 0 amide bonds. The summed E-state index contributed by atoms with van der Waals surface area (Å²) in [5.74, 6) is 0.163. The largest absolute Gasteiger partial charge is 0.436 e. The van der Waals surface area contributed by atoms with Gasteiger partial charge >= 0.3 is 6.18 Å². The average molecular weight is 313 g/mol. The van der Waals surface area contributed by atoms with Crippen LogP contribution in [0.15, 0.2) is 35.0 Å². The predicted octanol–water partition coefficient (Wildman–Crippen LogP) is 4.87. The van der Waals surface area contributed by atoms with Gasteiger partial charge in [-0.2, -0.15) is 13.2 Å². The van der Waals surface area contributed by atoms with Gasteiger partial charge < -0.3 is 4.42 Å². The minimum atomic E-state index is -4.42. The van der Waals surface area contributed by atoms with Crippen LogP contribution >= 0.6 is 11.6 Å². The normalized spacial score (nSPS) is 12.0. The van der Waals surface area contributed by atoms with E-state index in [0.717, 1.165) is 6.07 Å². The number of fused-ring (bicyclic) bond motifs is 1. The fraction of sp³-hybridized carbons (Fsp3) is 0.143. The summed E-state index contributed by atoms with van der Waals surface area (Å²) in [6, 6.07) is 3.89. The fourth-order valence-corrected chi connectivity index (χ4v) is 2.24. The zero-order valence-electron chi connectivity index (χ0n) is 10.7. The maximum Gasteiger partial charge on any atom is 0.416 e. The summed E-state index contributed by atoms with van der Waals surface area (Å²) >= 11 is 5.98. The molecule has 2 heterocycles. The van der Waals surface area contributed by atoms with Crippen molar-refractivity contribution in [2.24, 2.45) is 0 Å². The monoisotopic (exact) mass is 312 g/mol. The number of halogens is 4. The molecule has 3 nitrogen and oxygen atoms in total. The first-order valence-electron chi connectivity index (χ1n) is 5.94. The Morgan fingerprint density at radius 3 is 2.67 bits per heavy atom. The van der Waals surface area contributed by atoms with E-state index in [4.69, 9.17) is 16.0 Å². The van der Waals surface area contributed by atoms with E-state index in [1.807, 2.05) is 0 Å². The van der Waals surface area contributed by atoms with E-state index in [2.05, 4.69) is 9.97 Å². The summed E-state index contributed by atoms with van der Waals surface area (Å²) in [5, 5.41) is 0.317. The minimum Gasteiger partial charge on any atom is -0.436 e. The second-order valence-electron chi connectivity index (χ2n) is 4.51. The summed E-state index contributed by atoms with van der Waals surface area (Å²) < 4.78 is 44.1. The molecule has 3 aromatic rings. The Hall–Kier alpha value is -2.08. The number of pyridine rings is 1. The highest BCUT2D eigenvalue weighted by atomic mass is 35.5. The second kappa shape index (κ2) is 4.73. The lowest BCUT2D eigenvalue weighted by molar-refractivity contribution is -0.137. The molecule has 21 heavy (non-hydrogen) atoms. The quantitative estimate of drug-likeness (QED) is 0.643. The molecule has 1 aromatic carbocycles. The van der Waals surface area contributed by atoms with E-state index in [-0.39, 0.29) is 22.6 Å². The smallest absolute Gasteiger partial charge is 0.416 e. The molecule has 0 aliphatic heterocycles. The molecule has 2 aromatic heterocycles. The molecule has 108 valence electrons. The van der Waals surface area contributed by atoms with Gasteiger partial charge in [-0.3, -0.25) is 4.98 Å². The van der Waals surface area contributed by atoms with Crippen molar-refractivity contribution in [2.45, 2.75) is 13.1 Å². The van der Waals surface area contributed by atoms with Crippen molar-refractivity contribution in [2.75, 3.05) is 0 Å². The van der Waals surface area contributed by atoms with Crippen molar-refractivity contribution in [3.63, 3.8) is 0 Å². The number of hydrogen-bond donors (Lipinski definition) is 0. The molecule has 0 unspecified atom stereocenters. The van der Waals surface area contributed by atoms with Crippen LogP contribution in [0.1, 0.15) is 11.1 Å². The molecular weight excluding hydrogens is 305 g/mol. The van der Waals surface area contributed by atoms with Gasteiger partial charge in [-0.05, 0) is 30.7 Å². The van der Waals surface area contributed by atoms with E-state index in [1.54, 1.807) is 6.07 Å². The highest BCUT2D eigenvalue weighted by molar-refractivity contribution is 6.33. The van der Waals surface area contributed by atoms with E-state index in [0.29, 0.717) is 10.6 Å². The molecule has 0 fully saturated rings. The third-order valence-corrected chi connectivity index (χ3v) is 3.34. The molecule has 0 N–H and O–H groups in total. The molecule has 0 bridgehead atoms. The first-order chi connectivity index (χ1) is 9.86. The standard InChI is InChI=1S/C14H8ClF3N2O/c1-7-4-12-11(5-9(7)14(16,17)18)20-13(21-12)8-2-3-19-6-10(8)15/h2-6H,1H3. The zero-order chi connectivity index (χ0) is 15.2. The van der Waals surface area contributed by atoms with Crippen molar-refractivity contribution in [1.82, 2.24) is 9.97 Å². The van der Waals surface area contributed by atoms with Crippen LogP contribution in [-0.4, -0.2) is 9.97 Å². The van der Waals surface area contributed by atoms with Crippen LogP contribution in [0.4, 0.5) is 13.2 Å². The van der Waals surface area contributed by atoms with Gasteiger partial charge in [0.25, 0.3) is 0 Å². The lowest BCUT2D eigenvalue weighted by Gasteiger charge is -2.08. The van der Waals surface area contributed by atoms with Crippen LogP contribution in [0.2, 0.25) is 5.02 Å². The number of hydrogen-bond acceptors (Lipinski definition) is 3. The highest BCUT2D eigenvalue weighted by Crippen LogP contribution is 2.36. The Morgan fingerprint density at radius 1 is 1.24 bits per heavy atom. The van der Waals surface area contributed by atoms with Crippen molar-refractivity contribution >= 4 is 22.7 Å². The number of alkyl halides is 3. The second-order valence-corrected chi connectivity index (χ2v) is 4.91. The molecule has 0 aliphatic carbocycles. The Bertz CT molecular complexity index is 827. The first-order valence-corrected chi connectivity index (χ1v) is 6.32. The van der Waals surface area contributed by atoms with Crippen molar-refractivity contribution < 1.29 is 17.6 Å². The average Bonchev–Trinajstić information content (AvgIpc) is 2.79. The fourth-order valence-electron chi connectivity index (χ4n) is 2.04. The molecular formula is C14H8ClF3N2O. The van der Waals surface area contributed by atoms with Gasteiger partial charge in [0.05, 0.1) is 16.1 Å². The summed E-state index contributed by atoms with van der Waals surface area (Å²) in [4.78, 5) is 7.91. The molecule has 3 rings (SSSR count). The number of nitrogens with zero attached hydrogens (tertiary/aromatic N) is 2. The Morgan fingerprint density at radius 2 is 2.00 bits per heavy atom. The maximum absolute atomic E-state index is 12.9. The van der Waals surface area contributed by atoms with E-state index in [1.165, 1.54) is 25.4 Å². The van der Waals surface area contributed by atoms with Crippen LogP contribution in [0, 0.1) is 6.92 Å². The number of rotatable bonds is 1. The molecule has 0 saturated carbocycles. The van der Waals surface area contributed by atoms with Gasteiger partial charge in [0, 0.05) is 12.4 Å². The lowest BCUT2D eigenvalue weighted by Crippen LogP contribution is -2.07. The lowest BCUT2D eigenvalue weighted by atomic mass is 10.1. The third-order valence-electron chi connectivity index (χ3n) is 3.04. The Kier molecular flexibility index (Phi) is 3.13. The summed E-state index contributed by atoms with van der Waals surface area (Å²) in [5.41, 5.74) is 0.252. The first kappa shape index (κ1) is 13.9. The predicted molar refractivity (Wildman–Crippen MR) is 72.0 cm³/mol. The molecule has 0 aliphatic rings. The number of aryl methyl sites for hydroxylation is 1. The van der Waals surface area contributed by atoms with Gasteiger partial charge in [-0.1, -0.05) is 11.6 Å². The highest BCUT2D eigenvalue weighted by Gasteiger charge is 2.33. The maximum atomic E-state index is 12.9. The molecule has 0 saturated heterocycles. The summed E-state index contributed by atoms with van der Waals surface area (Å²) in [7, 11) is 0. The van der Waals surface area contributed by atoms with Gasteiger partial charge in [0.2, 0.25) is 5.89 Å². The third kappa shape index (κ3) is 2.47. The van der Waals surface area contributed by atoms with Crippen LogP contribution in [0.25, 0.3) is 22.6 Å². The summed E-state index contributed by atoms with van der Waals surface area (Å²) in [6.07, 6.45) is -1.51. The van der Waals surface area contributed by atoms with Gasteiger partial charge in [0.15, 0.2) is 5.58 Å². The molecule has 0 spiro atoms. The van der Waals surface area contributed by atoms with Crippen LogP contribution in [0.3, 0.4) is 0 Å². The van der Waals surface area contributed by atoms with Gasteiger partial charge in [-0.15, -0.1) is 0 Å². The number of benzene rings is 1. The zero-order valence-corrected chi connectivity index (χ0v) is 11.5. The van der Waals surface area contributed by atoms with Crippen LogP contribution in [0.5, 0.6) is 0 Å². The van der Waals surface area contributed by atoms with Gasteiger partial charge in [0.1, 0.15) is 5.52 Å². The number of oxazole rings is 1. The molecule has 7 heteroatoms. The Labute approximate surface area is 122 Å². The van der Waals surface area contributed by atoms with Gasteiger partial charge in [-0.25, -0.2) is 4.98 Å². The number of aromatic nitrogens is 2. The van der Waals surface area contributed by atoms with Crippen LogP contribution < -0.4 is 0 Å². The van der Waals surface area contributed by atoms with E-state index < -0.39 is 11.7 Å². The van der Waals surface area contributed by atoms with Crippen molar-refractivity contribution in [1.29, 1.82) is 0 Å².